The van der Waals surface area contributed by atoms with Crippen molar-refractivity contribution in [3.8, 4) is 5.75 Å². The van der Waals surface area contributed by atoms with Crippen molar-refractivity contribution in [1.82, 2.24) is 4.90 Å². The highest BCUT2D eigenvalue weighted by molar-refractivity contribution is 5.64. The van der Waals surface area contributed by atoms with Crippen molar-refractivity contribution in [3.63, 3.8) is 0 Å². The van der Waals surface area contributed by atoms with E-state index in [1.165, 1.54) is 6.07 Å². The third kappa shape index (κ3) is 4.07. The Labute approximate surface area is 125 Å². The Bertz CT molecular complexity index is 485. The van der Waals surface area contributed by atoms with Gasteiger partial charge in [0.1, 0.15) is 11.4 Å². The second kappa shape index (κ2) is 7.26. The molecule has 1 fully saturated rings. The Balaban J connectivity index is 1.97. The predicted molar refractivity (Wildman–Crippen MR) is 83.0 cm³/mol. The molecule has 0 aromatic heterocycles. The van der Waals surface area contributed by atoms with Gasteiger partial charge >= 0.3 is 0 Å². The molecule has 0 bridgehead atoms. The van der Waals surface area contributed by atoms with Crippen LogP contribution >= 0.6 is 0 Å². The average molecular weight is 293 g/mol. The molecule has 1 aromatic rings. The van der Waals surface area contributed by atoms with Gasteiger partial charge in [-0.05, 0) is 44.5 Å². The van der Waals surface area contributed by atoms with E-state index in [1.54, 1.807) is 19.2 Å². The molecule has 0 saturated carbocycles. The summed E-state index contributed by atoms with van der Waals surface area (Å²) >= 11 is 0. The summed E-state index contributed by atoms with van der Waals surface area (Å²) in [6, 6.07) is 4.79. The highest BCUT2D eigenvalue weighted by Gasteiger charge is 2.20. The number of anilines is 1. The Morgan fingerprint density at radius 2 is 2.14 bits per heavy atom. The zero-order valence-electron chi connectivity index (χ0n) is 12.7. The number of rotatable bonds is 6. The number of nitro groups is 1. The van der Waals surface area contributed by atoms with Gasteiger partial charge in [-0.25, -0.2) is 0 Å². The molecule has 21 heavy (non-hydrogen) atoms. The van der Waals surface area contributed by atoms with E-state index in [2.05, 4.69) is 17.1 Å². The highest BCUT2D eigenvalue weighted by Crippen LogP contribution is 2.29. The SMILES string of the molecule is CCN1CCC(CNc2cc(OC)ccc2[N+](=O)[O-])CC1. The fraction of sp³-hybridized carbons (Fsp3) is 0.600. The lowest BCUT2D eigenvalue weighted by molar-refractivity contribution is -0.384. The first-order chi connectivity index (χ1) is 10.1. The number of benzene rings is 1. The fourth-order valence-electron chi connectivity index (χ4n) is 2.70. The summed E-state index contributed by atoms with van der Waals surface area (Å²) in [5, 5.41) is 14.3. The third-order valence-corrected chi connectivity index (χ3v) is 4.14. The number of nitrogens with zero attached hydrogens (tertiary/aromatic N) is 2. The molecule has 0 aliphatic carbocycles. The van der Waals surface area contributed by atoms with E-state index in [0.717, 1.165) is 39.0 Å². The van der Waals surface area contributed by atoms with E-state index in [4.69, 9.17) is 4.74 Å². The predicted octanol–water partition coefficient (Wildman–Crippen LogP) is 2.75. The van der Waals surface area contributed by atoms with Gasteiger partial charge in [-0.3, -0.25) is 10.1 Å². The molecule has 0 amide bonds. The van der Waals surface area contributed by atoms with Crippen LogP contribution in [0.5, 0.6) is 5.75 Å². The Hall–Kier alpha value is -1.82. The molecular weight excluding hydrogens is 270 g/mol. The molecular formula is C15H23N3O3. The summed E-state index contributed by atoms with van der Waals surface area (Å²) in [6.45, 7) is 6.28. The summed E-state index contributed by atoms with van der Waals surface area (Å²) in [4.78, 5) is 13.1. The highest BCUT2D eigenvalue weighted by atomic mass is 16.6. The van der Waals surface area contributed by atoms with Gasteiger partial charge in [-0.1, -0.05) is 6.92 Å². The summed E-state index contributed by atoms with van der Waals surface area (Å²) < 4.78 is 5.14. The number of hydrogen-bond acceptors (Lipinski definition) is 5. The molecule has 1 saturated heterocycles. The molecule has 0 radical (unpaired) electrons. The first-order valence-electron chi connectivity index (χ1n) is 7.42. The van der Waals surface area contributed by atoms with Gasteiger partial charge in [0.15, 0.2) is 0 Å². The van der Waals surface area contributed by atoms with Crippen LogP contribution in [0.1, 0.15) is 19.8 Å². The number of hydrogen-bond donors (Lipinski definition) is 1. The molecule has 2 rings (SSSR count). The monoisotopic (exact) mass is 293 g/mol. The van der Waals surface area contributed by atoms with Crippen LogP contribution < -0.4 is 10.1 Å². The summed E-state index contributed by atoms with van der Waals surface area (Å²) in [5.74, 6) is 1.20. The number of nitro benzene ring substituents is 1. The summed E-state index contributed by atoms with van der Waals surface area (Å²) in [7, 11) is 1.56. The van der Waals surface area contributed by atoms with Gasteiger partial charge in [-0.15, -0.1) is 0 Å². The first kappa shape index (κ1) is 15.6. The lowest BCUT2D eigenvalue weighted by atomic mass is 9.96. The summed E-state index contributed by atoms with van der Waals surface area (Å²) in [5.41, 5.74) is 0.638. The van der Waals surface area contributed by atoms with Gasteiger partial charge in [0.05, 0.1) is 12.0 Å². The third-order valence-electron chi connectivity index (χ3n) is 4.14. The number of nitrogens with one attached hydrogen (secondary N) is 1. The van der Waals surface area contributed by atoms with E-state index >= 15 is 0 Å². The van der Waals surface area contributed by atoms with Crippen molar-refractivity contribution in [2.24, 2.45) is 5.92 Å². The maximum absolute atomic E-state index is 11.1. The minimum atomic E-state index is -0.360. The van der Waals surface area contributed by atoms with E-state index in [0.29, 0.717) is 17.4 Å². The molecule has 1 aliphatic heterocycles. The van der Waals surface area contributed by atoms with E-state index in [9.17, 15) is 10.1 Å². The zero-order chi connectivity index (χ0) is 15.2. The van der Waals surface area contributed by atoms with Crippen LogP contribution in [0.25, 0.3) is 0 Å². The second-order valence-electron chi connectivity index (χ2n) is 5.40. The van der Waals surface area contributed by atoms with Gasteiger partial charge < -0.3 is 15.0 Å². The minimum absolute atomic E-state index is 0.0989. The van der Waals surface area contributed by atoms with Crippen LogP contribution in [0, 0.1) is 16.0 Å². The van der Waals surface area contributed by atoms with E-state index in [-0.39, 0.29) is 10.6 Å². The van der Waals surface area contributed by atoms with Crippen LogP contribution in [0.3, 0.4) is 0 Å². The van der Waals surface area contributed by atoms with Gasteiger partial charge in [0.2, 0.25) is 0 Å². The molecule has 116 valence electrons. The van der Waals surface area contributed by atoms with Crippen LogP contribution in [-0.2, 0) is 0 Å². The zero-order valence-corrected chi connectivity index (χ0v) is 12.7. The second-order valence-corrected chi connectivity index (χ2v) is 5.40. The lowest BCUT2D eigenvalue weighted by Crippen LogP contribution is -2.35. The first-order valence-corrected chi connectivity index (χ1v) is 7.42. The van der Waals surface area contributed by atoms with Crippen molar-refractivity contribution in [2.45, 2.75) is 19.8 Å². The number of likely N-dealkylation sites (tertiary alicyclic amines) is 1. The average Bonchev–Trinajstić information content (AvgIpc) is 2.52. The molecule has 0 unspecified atom stereocenters. The molecule has 1 aliphatic rings. The van der Waals surface area contributed by atoms with Crippen molar-refractivity contribution in [2.75, 3.05) is 38.6 Å². The Kier molecular flexibility index (Phi) is 5.38. The molecule has 1 heterocycles. The molecule has 0 spiro atoms. The van der Waals surface area contributed by atoms with Crippen molar-refractivity contribution >= 4 is 11.4 Å². The molecule has 0 atom stereocenters. The van der Waals surface area contributed by atoms with E-state index < -0.39 is 0 Å². The maximum Gasteiger partial charge on any atom is 0.292 e. The maximum atomic E-state index is 11.1. The standard InChI is InChI=1S/C15H23N3O3/c1-3-17-8-6-12(7-9-17)11-16-14-10-13(21-2)4-5-15(14)18(19)20/h4-5,10,12,16H,3,6-9,11H2,1-2H3. The Morgan fingerprint density at radius 3 is 2.71 bits per heavy atom. The quantitative estimate of drug-likeness (QED) is 0.645. The van der Waals surface area contributed by atoms with Gasteiger partial charge in [0, 0.05) is 18.7 Å². The fourth-order valence-corrected chi connectivity index (χ4v) is 2.70. The normalized spacial score (nSPS) is 16.7. The lowest BCUT2D eigenvalue weighted by Gasteiger charge is -2.31. The molecule has 1 N–H and O–H groups in total. The van der Waals surface area contributed by atoms with Gasteiger partial charge in [0.25, 0.3) is 5.69 Å². The van der Waals surface area contributed by atoms with E-state index in [1.807, 2.05) is 0 Å². The topological polar surface area (TPSA) is 67.6 Å². The van der Waals surface area contributed by atoms with Crippen LogP contribution in [0.4, 0.5) is 11.4 Å². The largest absolute Gasteiger partial charge is 0.497 e. The van der Waals surface area contributed by atoms with Crippen LogP contribution in [0.2, 0.25) is 0 Å². The number of ether oxygens (including phenoxy) is 1. The number of piperidine rings is 1. The molecule has 6 heteroatoms. The van der Waals surface area contributed by atoms with Gasteiger partial charge in [-0.2, -0.15) is 0 Å². The molecule has 1 aromatic carbocycles. The smallest absolute Gasteiger partial charge is 0.292 e. The Morgan fingerprint density at radius 1 is 1.43 bits per heavy atom. The summed E-state index contributed by atoms with van der Waals surface area (Å²) in [6.07, 6.45) is 2.28. The van der Waals surface area contributed by atoms with Crippen LogP contribution in [0.15, 0.2) is 18.2 Å². The van der Waals surface area contributed by atoms with Crippen LogP contribution in [-0.4, -0.2) is 43.1 Å². The van der Waals surface area contributed by atoms with Crippen molar-refractivity contribution in [3.05, 3.63) is 28.3 Å². The molecule has 6 nitrogen and oxygen atoms in total. The number of methoxy groups -OCH3 is 1. The van der Waals surface area contributed by atoms with Crippen molar-refractivity contribution in [1.29, 1.82) is 0 Å². The minimum Gasteiger partial charge on any atom is -0.497 e. The van der Waals surface area contributed by atoms with Crippen molar-refractivity contribution < 1.29 is 9.66 Å².